The van der Waals surface area contributed by atoms with E-state index in [1.807, 2.05) is 97.1 Å². The zero-order chi connectivity index (χ0) is 39.1. The molecule has 7 rings (SSSR count). The van der Waals surface area contributed by atoms with E-state index in [1.54, 1.807) is 0 Å². The first-order valence-electron chi connectivity index (χ1n) is 18.4. The van der Waals surface area contributed by atoms with E-state index < -0.39 is 0 Å². The first-order chi connectivity index (χ1) is 26.1. The maximum atomic E-state index is 8.56. The number of nitrogens with two attached hydrogens (primary N) is 2. The van der Waals surface area contributed by atoms with Crippen LogP contribution in [-0.2, 0) is 20.3 Å². The number of nitrogens with one attached hydrogen (secondary N) is 3. The van der Waals surface area contributed by atoms with Crippen LogP contribution in [0, 0.1) is 10.8 Å². The van der Waals surface area contributed by atoms with E-state index in [-0.39, 0.29) is 34.4 Å². The normalized spacial score (nSPS) is 11.7. The quantitative estimate of drug-likeness (QED) is 0.0871. The van der Waals surface area contributed by atoms with Gasteiger partial charge in [-0.05, 0) is 117 Å². The monoisotopic (exact) mass is 725 g/mol. The molecule has 6 aromatic carbocycles. The summed E-state index contributed by atoms with van der Waals surface area (Å²) in [5, 5.41) is 31.8. The van der Waals surface area contributed by atoms with E-state index in [0.29, 0.717) is 11.1 Å². The molecule has 274 valence electrons. The van der Waals surface area contributed by atoms with Crippen molar-refractivity contribution in [3.8, 4) is 22.3 Å². The number of hydrogen-bond donors (Lipinski definition) is 5. The van der Waals surface area contributed by atoms with Crippen molar-refractivity contribution in [3.63, 3.8) is 0 Å². The topological polar surface area (TPSA) is 133 Å². The molecule has 0 saturated carbocycles. The van der Waals surface area contributed by atoms with Gasteiger partial charge in [-0.15, -0.1) is 0 Å². The summed E-state index contributed by atoms with van der Waals surface area (Å²) in [5.41, 5.74) is 11.5. The van der Waals surface area contributed by atoms with Crippen molar-refractivity contribution in [1.29, 1.82) is 10.8 Å². The van der Waals surface area contributed by atoms with Crippen molar-refractivity contribution < 1.29 is 20.3 Å². The number of rotatable bonds is 6. The molecule has 0 aliphatic heterocycles. The minimum atomic E-state index is -0.00896. The Morgan fingerprint density at radius 2 is 0.745 bits per heavy atom. The van der Waals surface area contributed by atoms with Gasteiger partial charge in [0.1, 0.15) is 0 Å². The average molecular weight is 726 g/mol. The fourth-order valence-electron chi connectivity index (χ4n) is 6.61. The van der Waals surface area contributed by atoms with Crippen LogP contribution in [0.5, 0.6) is 0 Å². The van der Waals surface area contributed by atoms with Gasteiger partial charge < -0.3 is 14.5 Å². The number of aromatic nitrogens is 1. The molecule has 0 fully saturated rings. The second-order valence-electron chi connectivity index (χ2n) is 16.0. The summed E-state index contributed by atoms with van der Waals surface area (Å²) in [5.74, 6) is 0.372. The fourth-order valence-corrected chi connectivity index (χ4v) is 6.61. The summed E-state index contributed by atoms with van der Waals surface area (Å²) in [7, 11) is 0. The number of ether oxygens (including phenoxy) is 2. The van der Waals surface area contributed by atoms with Crippen LogP contribution in [0.15, 0.2) is 133 Å². The average Bonchev–Trinajstić information content (AvgIpc) is 3.54. The molecule has 0 saturated heterocycles. The van der Waals surface area contributed by atoms with Crippen LogP contribution in [0.4, 0.5) is 0 Å². The Kier molecular flexibility index (Phi) is 9.57. The van der Waals surface area contributed by atoms with Crippen molar-refractivity contribution in [2.24, 2.45) is 0 Å². The smallest absolute Gasteiger partial charge is 0.373 e. The summed E-state index contributed by atoms with van der Waals surface area (Å²) < 4.78 is 11.5. The SMILES string of the molecule is CC(C)(C)c1ccc(C(=[NH2+])OC(=N)c2ccc(-c3ccc4[nH]c5ccc(-c6ccc(C(=N)OC(=[NH2+])c7ccc(C(C)(C)C)cc7)cc6)cc5c4c3)cc2)cc1. The molecule has 7 heteroatoms. The number of fused-ring (bicyclic) bond motifs is 3. The zero-order valence-corrected chi connectivity index (χ0v) is 32.2. The molecule has 0 bridgehead atoms. The third-order valence-electron chi connectivity index (χ3n) is 10.1. The van der Waals surface area contributed by atoms with Gasteiger partial charge in [0.25, 0.3) is 0 Å². The van der Waals surface area contributed by atoms with Crippen molar-refractivity contribution in [2.45, 2.75) is 52.4 Å². The number of H-pyrrole nitrogens is 1. The summed E-state index contributed by atoms with van der Waals surface area (Å²) in [6.07, 6.45) is 0. The van der Waals surface area contributed by atoms with Crippen molar-refractivity contribution in [2.75, 3.05) is 0 Å². The largest absolute Gasteiger partial charge is 0.386 e. The summed E-state index contributed by atoms with van der Waals surface area (Å²) in [4.78, 5) is 3.55. The second kappa shape index (κ2) is 14.3. The summed E-state index contributed by atoms with van der Waals surface area (Å²) in [6, 6.07) is 44.2. The van der Waals surface area contributed by atoms with Gasteiger partial charge in [0.2, 0.25) is 11.8 Å². The predicted octanol–water partition coefficient (Wildman–Crippen LogP) is 8.35. The molecular weight excluding hydrogens is 679 g/mol. The highest BCUT2D eigenvalue weighted by Crippen LogP contribution is 2.33. The van der Waals surface area contributed by atoms with Crippen LogP contribution in [0.25, 0.3) is 44.1 Å². The van der Waals surface area contributed by atoms with Gasteiger partial charge in [0.15, 0.2) is 0 Å². The fraction of sp³-hybridized carbons (Fsp3) is 0.167. The zero-order valence-electron chi connectivity index (χ0n) is 32.2. The molecule has 0 aliphatic rings. The van der Waals surface area contributed by atoms with E-state index in [1.165, 1.54) is 11.1 Å². The van der Waals surface area contributed by atoms with Crippen LogP contribution < -0.4 is 10.8 Å². The number of hydrogen-bond acceptors (Lipinski definition) is 4. The second-order valence-corrected chi connectivity index (χ2v) is 16.0. The Hall–Kier alpha value is -6.60. The lowest BCUT2D eigenvalue weighted by Gasteiger charge is -2.18. The third kappa shape index (κ3) is 7.87. The lowest BCUT2D eigenvalue weighted by molar-refractivity contribution is -0.131. The van der Waals surface area contributed by atoms with E-state index in [9.17, 15) is 0 Å². The van der Waals surface area contributed by atoms with Gasteiger partial charge in [0.05, 0.1) is 11.1 Å². The van der Waals surface area contributed by atoms with Crippen LogP contribution in [-0.4, -0.2) is 28.6 Å². The van der Waals surface area contributed by atoms with E-state index >= 15 is 0 Å². The highest BCUT2D eigenvalue weighted by Gasteiger charge is 2.19. The summed E-state index contributed by atoms with van der Waals surface area (Å²) in [6.45, 7) is 13.0. The third-order valence-corrected chi connectivity index (χ3v) is 10.1. The number of aromatic amines is 1. The highest BCUT2D eigenvalue weighted by molar-refractivity contribution is 6.10. The number of benzene rings is 6. The Bertz CT molecular complexity index is 2400. The van der Waals surface area contributed by atoms with Gasteiger partial charge in [-0.2, -0.15) is 0 Å². The molecule has 55 heavy (non-hydrogen) atoms. The Morgan fingerprint density at radius 1 is 0.436 bits per heavy atom. The predicted molar refractivity (Wildman–Crippen MR) is 225 cm³/mol. The molecule has 1 aromatic heterocycles. The molecule has 0 atom stereocenters. The van der Waals surface area contributed by atoms with Gasteiger partial charge in [-0.25, -0.2) is 10.8 Å². The molecule has 7 nitrogen and oxygen atoms in total. The van der Waals surface area contributed by atoms with Crippen LogP contribution in [0.1, 0.15) is 74.9 Å². The van der Waals surface area contributed by atoms with Crippen LogP contribution in [0.2, 0.25) is 0 Å². The maximum Gasteiger partial charge on any atom is 0.373 e. The van der Waals surface area contributed by atoms with Gasteiger partial charge in [-0.1, -0.05) is 102 Å². The molecule has 0 amide bonds. The molecule has 7 N–H and O–H groups in total. The van der Waals surface area contributed by atoms with Crippen molar-refractivity contribution >= 4 is 45.4 Å². The molecular formula is C48H47N5O2+2. The highest BCUT2D eigenvalue weighted by atomic mass is 16.5. The maximum absolute atomic E-state index is 8.56. The Morgan fingerprint density at radius 3 is 1.07 bits per heavy atom. The molecule has 0 radical (unpaired) electrons. The molecule has 0 aliphatic carbocycles. The minimum absolute atomic E-state index is 0.00896. The van der Waals surface area contributed by atoms with Gasteiger partial charge in [0, 0.05) is 32.9 Å². The first kappa shape index (κ1) is 36.7. The Balaban J connectivity index is 1.04. The van der Waals surface area contributed by atoms with E-state index in [2.05, 4.69) is 82.9 Å². The van der Waals surface area contributed by atoms with E-state index in [4.69, 9.17) is 31.1 Å². The summed E-state index contributed by atoms with van der Waals surface area (Å²) >= 11 is 0. The van der Waals surface area contributed by atoms with Crippen molar-refractivity contribution in [3.05, 3.63) is 167 Å². The van der Waals surface area contributed by atoms with Crippen molar-refractivity contribution in [1.82, 2.24) is 4.98 Å². The minimum Gasteiger partial charge on any atom is -0.386 e. The molecule has 1 heterocycles. The lowest BCUT2D eigenvalue weighted by Crippen LogP contribution is -2.43. The molecule has 0 spiro atoms. The lowest BCUT2D eigenvalue weighted by atomic mass is 9.87. The van der Waals surface area contributed by atoms with E-state index in [0.717, 1.165) is 55.2 Å². The van der Waals surface area contributed by atoms with Crippen LogP contribution in [0.3, 0.4) is 0 Å². The van der Waals surface area contributed by atoms with Gasteiger partial charge in [-0.3, -0.25) is 10.8 Å². The standard InChI is InChI=1S/C48H45N5O2/c1-47(2,3)37-21-15-33(16-22-37)45(51)54-43(49)31-11-7-29(8-12-31)35-19-25-41-39(27-35)40-28-36(20-26-42(40)53-41)30-9-13-32(14-10-30)44(50)55-46(52)34-17-23-38(24-18-34)48(4,5)6/h7-28,49-53H,1-6H3/p+2. The molecule has 0 unspecified atom stereocenters. The van der Waals surface area contributed by atoms with Gasteiger partial charge >= 0.3 is 11.8 Å². The molecule has 7 aromatic rings. The van der Waals surface area contributed by atoms with Crippen LogP contribution >= 0.6 is 0 Å². The first-order valence-corrected chi connectivity index (χ1v) is 18.4. The Labute approximate surface area is 322 Å².